The van der Waals surface area contributed by atoms with E-state index in [4.69, 9.17) is 9.47 Å². The summed E-state index contributed by atoms with van der Waals surface area (Å²) < 4.78 is 11.6. The van der Waals surface area contributed by atoms with Crippen molar-refractivity contribution in [3.8, 4) is 0 Å². The summed E-state index contributed by atoms with van der Waals surface area (Å²) in [5.41, 5.74) is 2.51. The Balaban J connectivity index is 1.52. The highest BCUT2D eigenvalue weighted by atomic mass is 16.5. The van der Waals surface area contributed by atoms with Crippen molar-refractivity contribution >= 4 is 23.5 Å². The average molecular weight is 493 g/mol. The van der Waals surface area contributed by atoms with Gasteiger partial charge in [-0.15, -0.1) is 0 Å². The number of carbonyl (C=O) groups excluding carboxylic acids is 4. The van der Waals surface area contributed by atoms with E-state index in [1.54, 1.807) is 12.2 Å². The number of esters is 2. The highest BCUT2D eigenvalue weighted by Gasteiger charge is 2.44. The number of hydrogen-bond acceptors (Lipinski definition) is 6. The molecule has 0 amide bonds. The second-order valence-electron chi connectivity index (χ2n) is 11.9. The zero-order chi connectivity index (χ0) is 25.8. The molecule has 4 aliphatic carbocycles. The van der Waals surface area contributed by atoms with Crippen LogP contribution in [0.4, 0.5) is 0 Å². The van der Waals surface area contributed by atoms with Crippen LogP contribution in [0.5, 0.6) is 0 Å². The van der Waals surface area contributed by atoms with Crippen molar-refractivity contribution in [2.45, 2.75) is 66.2 Å². The van der Waals surface area contributed by atoms with E-state index < -0.39 is 0 Å². The van der Waals surface area contributed by atoms with Crippen LogP contribution in [0.3, 0.4) is 0 Å². The van der Waals surface area contributed by atoms with Gasteiger partial charge in [-0.2, -0.15) is 0 Å². The molecule has 36 heavy (non-hydrogen) atoms. The standard InChI is InChI=1S/C30H36O6/c1-17-19-5-9-29(3)11-7-26(32)22(23(29)13-19)16-36-28(34)18(2)20-6-10-30(4)12-8-25(31)21(24(30)14-20)15-35-27(17)33/h7-8,11-12,17-20H,5-6,9-10,13-16H2,1-4H3. The summed E-state index contributed by atoms with van der Waals surface area (Å²) in [6.45, 7) is 7.90. The number of carbonyl (C=O) groups is 4. The lowest BCUT2D eigenvalue weighted by Gasteiger charge is -2.43. The second-order valence-corrected chi connectivity index (χ2v) is 11.9. The fraction of sp³-hybridized carbons (Fsp3) is 0.600. The van der Waals surface area contributed by atoms with Crippen molar-refractivity contribution in [3.63, 3.8) is 0 Å². The molecule has 0 radical (unpaired) electrons. The molecular weight excluding hydrogens is 456 g/mol. The molecule has 6 unspecified atom stereocenters. The molecule has 0 aromatic rings. The minimum absolute atomic E-state index is 0.0151. The SMILES string of the molecule is CC1C(=O)OCC2=C3CC(CCC3(C)C=CC2=O)C(C)C(=O)OCC2=C3CC1CCC3(C)C=CC2=O. The topological polar surface area (TPSA) is 86.7 Å². The second kappa shape index (κ2) is 8.97. The highest BCUT2D eigenvalue weighted by Crippen LogP contribution is 2.51. The summed E-state index contributed by atoms with van der Waals surface area (Å²) in [6.07, 6.45) is 11.6. The molecule has 5 aliphatic rings. The third-order valence-electron chi connectivity index (χ3n) is 9.78. The van der Waals surface area contributed by atoms with E-state index >= 15 is 0 Å². The molecule has 6 heteroatoms. The molecule has 1 heterocycles. The van der Waals surface area contributed by atoms with E-state index in [1.165, 1.54) is 0 Å². The molecule has 2 fully saturated rings. The summed E-state index contributed by atoms with van der Waals surface area (Å²) in [4.78, 5) is 52.1. The number of cyclic esters (lactones) is 2. The van der Waals surface area contributed by atoms with Gasteiger partial charge in [-0.05, 0) is 73.7 Å². The van der Waals surface area contributed by atoms with Crippen LogP contribution in [0.15, 0.2) is 46.6 Å². The lowest BCUT2D eigenvalue weighted by Crippen LogP contribution is -2.38. The Kier molecular flexibility index (Phi) is 6.20. The number of rotatable bonds is 0. The smallest absolute Gasteiger partial charge is 0.309 e. The van der Waals surface area contributed by atoms with Crippen molar-refractivity contribution in [1.29, 1.82) is 0 Å². The number of fused-ring (bicyclic) bond motifs is 2. The molecular formula is C30H36O6. The summed E-state index contributed by atoms with van der Waals surface area (Å²) >= 11 is 0. The van der Waals surface area contributed by atoms with E-state index in [0.717, 1.165) is 36.8 Å². The van der Waals surface area contributed by atoms with Gasteiger partial charge in [-0.3, -0.25) is 19.2 Å². The first-order valence-corrected chi connectivity index (χ1v) is 13.3. The van der Waals surface area contributed by atoms with E-state index in [1.807, 2.05) is 26.0 Å². The third-order valence-corrected chi connectivity index (χ3v) is 9.78. The Bertz CT molecular complexity index is 1060. The maximum atomic E-state index is 13.2. The minimum Gasteiger partial charge on any atom is -0.460 e. The van der Waals surface area contributed by atoms with E-state index in [0.29, 0.717) is 24.0 Å². The van der Waals surface area contributed by atoms with Crippen molar-refractivity contribution in [1.82, 2.24) is 0 Å². The van der Waals surface area contributed by atoms with Crippen LogP contribution in [0.2, 0.25) is 0 Å². The van der Waals surface area contributed by atoms with Crippen LogP contribution < -0.4 is 0 Å². The minimum atomic E-state index is -0.370. The van der Waals surface area contributed by atoms with Crippen LogP contribution in [-0.4, -0.2) is 36.7 Å². The fourth-order valence-electron chi connectivity index (χ4n) is 6.89. The van der Waals surface area contributed by atoms with Gasteiger partial charge in [0.25, 0.3) is 0 Å². The van der Waals surface area contributed by atoms with Crippen LogP contribution in [0.1, 0.15) is 66.2 Å². The third kappa shape index (κ3) is 4.12. The fourth-order valence-corrected chi connectivity index (χ4v) is 6.89. The summed E-state index contributed by atoms with van der Waals surface area (Å²) in [5.74, 6) is -1.55. The largest absolute Gasteiger partial charge is 0.460 e. The van der Waals surface area contributed by atoms with Gasteiger partial charge in [0.15, 0.2) is 11.6 Å². The number of allylic oxidation sites excluding steroid dienone is 6. The van der Waals surface area contributed by atoms with E-state index in [2.05, 4.69) is 13.8 Å². The molecule has 0 N–H and O–H groups in total. The molecule has 0 spiro atoms. The van der Waals surface area contributed by atoms with Gasteiger partial charge in [0.1, 0.15) is 13.2 Å². The van der Waals surface area contributed by atoms with Crippen molar-refractivity contribution < 1.29 is 28.7 Å². The van der Waals surface area contributed by atoms with Gasteiger partial charge in [0.05, 0.1) is 11.8 Å². The lowest BCUT2D eigenvalue weighted by atomic mass is 9.62. The Hall–Kier alpha value is -2.76. The zero-order valence-corrected chi connectivity index (χ0v) is 21.7. The Labute approximate surface area is 212 Å². The van der Waals surface area contributed by atoms with Gasteiger partial charge < -0.3 is 9.47 Å². The van der Waals surface area contributed by atoms with Crippen molar-refractivity contribution in [3.05, 3.63) is 46.6 Å². The Morgan fingerprint density at radius 2 is 1.08 bits per heavy atom. The van der Waals surface area contributed by atoms with Gasteiger partial charge in [-0.1, -0.05) is 39.8 Å². The molecule has 0 saturated heterocycles. The molecule has 0 aromatic carbocycles. The first-order chi connectivity index (χ1) is 17.0. The number of ketones is 2. The Morgan fingerprint density at radius 1 is 0.694 bits per heavy atom. The van der Waals surface area contributed by atoms with Crippen LogP contribution in [-0.2, 0) is 28.7 Å². The first-order valence-electron chi connectivity index (χ1n) is 13.3. The zero-order valence-electron chi connectivity index (χ0n) is 21.7. The highest BCUT2D eigenvalue weighted by molar-refractivity contribution is 6.07. The van der Waals surface area contributed by atoms with Crippen molar-refractivity contribution in [2.75, 3.05) is 13.2 Å². The normalized spacial score (nSPS) is 39.2. The van der Waals surface area contributed by atoms with Crippen LogP contribution in [0.25, 0.3) is 0 Å². The summed E-state index contributed by atoms with van der Waals surface area (Å²) in [7, 11) is 0. The molecule has 5 rings (SSSR count). The van der Waals surface area contributed by atoms with E-state index in [9.17, 15) is 19.2 Å². The average Bonchev–Trinajstić information content (AvgIpc) is 2.86. The molecule has 0 aromatic heterocycles. The van der Waals surface area contributed by atoms with E-state index in [-0.39, 0.29) is 71.2 Å². The predicted molar refractivity (Wildman–Crippen MR) is 133 cm³/mol. The maximum Gasteiger partial charge on any atom is 0.309 e. The maximum absolute atomic E-state index is 13.2. The van der Waals surface area contributed by atoms with Gasteiger partial charge in [-0.25, -0.2) is 0 Å². The first kappa shape index (κ1) is 24.9. The van der Waals surface area contributed by atoms with Gasteiger partial charge in [0, 0.05) is 22.0 Å². The summed E-state index contributed by atoms with van der Waals surface area (Å²) in [6, 6.07) is 0. The summed E-state index contributed by atoms with van der Waals surface area (Å²) in [5, 5.41) is 0. The molecule has 2 saturated carbocycles. The predicted octanol–water partition coefficient (Wildman–Crippen LogP) is 4.84. The number of hydrogen-bond donors (Lipinski definition) is 0. The quantitative estimate of drug-likeness (QED) is 0.450. The van der Waals surface area contributed by atoms with Gasteiger partial charge >= 0.3 is 11.9 Å². The van der Waals surface area contributed by atoms with Crippen molar-refractivity contribution in [2.24, 2.45) is 34.5 Å². The molecule has 4 bridgehead atoms. The van der Waals surface area contributed by atoms with Gasteiger partial charge in [0.2, 0.25) is 0 Å². The molecule has 192 valence electrons. The molecule has 6 atom stereocenters. The lowest BCUT2D eigenvalue weighted by molar-refractivity contribution is -0.149. The monoisotopic (exact) mass is 492 g/mol. The van der Waals surface area contributed by atoms with Crippen LogP contribution >= 0.6 is 0 Å². The van der Waals surface area contributed by atoms with Crippen LogP contribution in [0, 0.1) is 34.5 Å². The molecule has 1 aliphatic heterocycles. The Morgan fingerprint density at radius 3 is 1.47 bits per heavy atom. The number of ether oxygens (including phenoxy) is 2. The molecule has 6 nitrogen and oxygen atoms in total.